The van der Waals surface area contributed by atoms with Crippen molar-refractivity contribution in [2.45, 2.75) is 6.54 Å². The molecule has 26 heavy (non-hydrogen) atoms. The Balaban J connectivity index is 1.91. The van der Waals surface area contributed by atoms with Crippen LogP contribution in [0.2, 0.25) is 0 Å². The van der Waals surface area contributed by atoms with Gasteiger partial charge in [-0.3, -0.25) is 4.90 Å². The number of ether oxygens (including phenoxy) is 1. The molecule has 0 unspecified atom stereocenters. The monoisotopic (exact) mass is 350 g/mol. The van der Waals surface area contributed by atoms with E-state index in [9.17, 15) is 4.79 Å². The molecule has 2 heterocycles. The van der Waals surface area contributed by atoms with Gasteiger partial charge in [0.05, 0.1) is 12.7 Å². The number of hydrogen-bond acceptors (Lipinski definition) is 5. The highest BCUT2D eigenvalue weighted by Gasteiger charge is 2.20. The van der Waals surface area contributed by atoms with Gasteiger partial charge in [-0.15, -0.1) is 0 Å². The fraction of sp³-hybridized carbons (Fsp3) is 0.286. The van der Waals surface area contributed by atoms with Crippen LogP contribution in [0, 0.1) is 0 Å². The summed E-state index contributed by atoms with van der Waals surface area (Å²) in [5.41, 5.74) is 2.96. The first kappa shape index (κ1) is 16.8. The van der Waals surface area contributed by atoms with Gasteiger partial charge in [0.25, 0.3) is 0 Å². The molecule has 0 radical (unpaired) electrons. The summed E-state index contributed by atoms with van der Waals surface area (Å²) in [7, 11) is 1.65. The molecule has 0 bridgehead atoms. The number of nitrogens with zero attached hydrogens (tertiary/aromatic N) is 1. The molecule has 1 aliphatic rings. The highest BCUT2D eigenvalue weighted by Crippen LogP contribution is 2.33. The Hall–Kier alpha value is -2.63. The average molecular weight is 350 g/mol. The highest BCUT2D eigenvalue weighted by molar-refractivity contribution is 5.95. The van der Waals surface area contributed by atoms with Crippen LogP contribution in [0.1, 0.15) is 5.56 Å². The number of benzene rings is 2. The fourth-order valence-electron chi connectivity index (χ4n) is 3.53. The summed E-state index contributed by atoms with van der Waals surface area (Å²) in [4.78, 5) is 15.1. The molecule has 0 aliphatic carbocycles. The third kappa shape index (κ3) is 3.23. The molecule has 0 saturated carbocycles. The van der Waals surface area contributed by atoms with Gasteiger partial charge in [0, 0.05) is 43.7 Å². The van der Waals surface area contributed by atoms with E-state index in [0.29, 0.717) is 17.7 Å². The summed E-state index contributed by atoms with van der Waals surface area (Å²) in [5.74, 6) is 0.771. The lowest BCUT2D eigenvalue weighted by atomic mass is 9.96. The van der Waals surface area contributed by atoms with Gasteiger partial charge in [0.2, 0.25) is 0 Å². The normalized spacial score (nSPS) is 15.3. The zero-order valence-corrected chi connectivity index (χ0v) is 14.8. The van der Waals surface area contributed by atoms with Crippen LogP contribution < -0.4 is 15.7 Å². The third-order valence-corrected chi connectivity index (χ3v) is 4.86. The first-order chi connectivity index (χ1) is 12.8. The minimum atomic E-state index is -0.264. The maximum atomic E-state index is 12.8. The second kappa shape index (κ2) is 7.32. The predicted molar refractivity (Wildman–Crippen MR) is 103 cm³/mol. The summed E-state index contributed by atoms with van der Waals surface area (Å²) >= 11 is 0. The van der Waals surface area contributed by atoms with E-state index in [2.05, 4.69) is 10.2 Å². The van der Waals surface area contributed by atoms with E-state index in [0.717, 1.165) is 48.4 Å². The van der Waals surface area contributed by atoms with Crippen molar-refractivity contribution in [1.29, 1.82) is 0 Å². The molecule has 134 valence electrons. The molecule has 1 aliphatic heterocycles. The number of para-hydroxylation sites is 1. The van der Waals surface area contributed by atoms with Crippen molar-refractivity contribution in [3.05, 3.63) is 64.5 Å². The fourth-order valence-corrected chi connectivity index (χ4v) is 3.53. The Morgan fingerprint density at radius 2 is 1.92 bits per heavy atom. The van der Waals surface area contributed by atoms with Crippen molar-refractivity contribution in [1.82, 2.24) is 10.2 Å². The Bertz CT molecular complexity index is 974. The summed E-state index contributed by atoms with van der Waals surface area (Å²) < 4.78 is 11.0. The van der Waals surface area contributed by atoms with E-state index >= 15 is 0 Å². The van der Waals surface area contributed by atoms with Gasteiger partial charge < -0.3 is 14.5 Å². The van der Waals surface area contributed by atoms with Gasteiger partial charge in [-0.05, 0) is 23.8 Å². The largest absolute Gasteiger partial charge is 0.497 e. The van der Waals surface area contributed by atoms with Gasteiger partial charge in [-0.25, -0.2) is 4.79 Å². The predicted octanol–water partition coefficient (Wildman–Crippen LogP) is 2.87. The molecule has 1 aromatic heterocycles. The zero-order valence-electron chi connectivity index (χ0n) is 14.8. The van der Waals surface area contributed by atoms with Crippen LogP contribution in [0.3, 0.4) is 0 Å². The molecular formula is C21H22N2O3. The zero-order chi connectivity index (χ0) is 17.9. The Morgan fingerprint density at radius 3 is 2.73 bits per heavy atom. The number of piperazine rings is 1. The van der Waals surface area contributed by atoms with Crippen LogP contribution in [0.5, 0.6) is 5.75 Å². The van der Waals surface area contributed by atoms with Crippen molar-refractivity contribution >= 4 is 11.0 Å². The third-order valence-electron chi connectivity index (χ3n) is 4.86. The number of hydrogen-bond donors (Lipinski definition) is 1. The summed E-state index contributed by atoms with van der Waals surface area (Å²) in [6.07, 6.45) is 0. The Morgan fingerprint density at radius 1 is 1.12 bits per heavy atom. The lowest BCUT2D eigenvalue weighted by Crippen LogP contribution is -2.43. The SMILES string of the molecule is COc1cccc(-c2c(CN3CCNCC3)c(=O)oc3ccccc23)c1. The molecule has 1 saturated heterocycles. The molecule has 0 atom stereocenters. The topological polar surface area (TPSA) is 54.7 Å². The van der Waals surface area contributed by atoms with E-state index < -0.39 is 0 Å². The van der Waals surface area contributed by atoms with Gasteiger partial charge in [-0.2, -0.15) is 0 Å². The lowest BCUT2D eigenvalue weighted by Gasteiger charge is -2.27. The average Bonchev–Trinajstić information content (AvgIpc) is 2.69. The summed E-state index contributed by atoms with van der Waals surface area (Å²) in [5, 5.41) is 4.30. The Labute approximate surface area is 152 Å². The molecule has 0 amide bonds. The van der Waals surface area contributed by atoms with Gasteiger partial charge in [-0.1, -0.05) is 30.3 Å². The van der Waals surface area contributed by atoms with Crippen LogP contribution in [0.25, 0.3) is 22.1 Å². The van der Waals surface area contributed by atoms with Gasteiger partial charge in [0.1, 0.15) is 11.3 Å². The van der Waals surface area contributed by atoms with E-state index in [1.807, 2.05) is 48.5 Å². The number of rotatable bonds is 4. The number of methoxy groups -OCH3 is 1. The number of nitrogens with one attached hydrogen (secondary N) is 1. The van der Waals surface area contributed by atoms with Crippen LogP contribution >= 0.6 is 0 Å². The molecule has 1 fully saturated rings. The maximum Gasteiger partial charge on any atom is 0.341 e. The quantitative estimate of drug-likeness (QED) is 0.733. The Kier molecular flexibility index (Phi) is 4.73. The standard InChI is InChI=1S/C21H22N2O3/c1-25-16-6-4-5-15(13-16)20-17-7-2-3-8-19(17)26-21(24)18(20)14-23-11-9-22-10-12-23/h2-8,13,22H,9-12,14H2,1H3. The summed E-state index contributed by atoms with van der Waals surface area (Å²) in [6, 6.07) is 15.6. The van der Waals surface area contributed by atoms with E-state index in [4.69, 9.17) is 9.15 Å². The minimum Gasteiger partial charge on any atom is -0.497 e. The van der Waals surface area contributed by atoms with Crippen LogP contribution in [-0.4, -0.2) is 38.2 Å². The second-order valence-electron chi connectivity index (χ2n) is 6.50. The first-order valence-electron chi connectivity index (χ1n) is 8.88. The van der Waals surface area contributed by atoms with Crippen molar-refractivity contribution in [3.63, 3.8) is 0 Å². The highest BCUT2D eigenvalue weighted by atomic mass is 16.5. The molecule has 5 nitrogen and oxygen atoms in total. The van der Waals surface area contributed by atoms with Crippen LogP contribution in [-0.2, 0) is 6.54 Å². The maximum absolute atomic E-state index is 12.8. The molecule has 5 heteroatoms. The molecule has 1 N–H and O–H groups in total. The van der Waals surface area contributed by atoms with Crippen molar-refractivity contribution < 1.29 is 9.15 Å². The minimum absolute atomic E-state index is 0.264. The molecule has 0 spiro atoms. The molecule has 2 aromatic carbocycles. The van der Waals surface area contributed by atoms with Crippen LogP contribution in [0.4, 0.5) is 0 Å². The molecule has 4 rings (SSSR count). The summed E-state index contributed by atoms with van der Waals surface area (Å²) in [6.45, 7) is 4.30. The van der Waals surface area contributed by atoms with E-state index in [-0.39, 0.29) is 5.63 Å². The van der Waals surface area contributed by atoms with Crippen LogP contribution in [0.15, 0.2) is 57.7 Å². The number of fused-ring (bicyclic) bond motifs is 1. The van der Waals surface area contributed by atoms with Crippen molar-refractivity contribution in [2.24, 2.45) is 0 Å². The van der Waals surface area contributed by atoms with Gasteiger partial charge >= 0.3 is 5.63 Å². The van der Waals surface area contributed by atoms with Crippen molar-refractivity contribution in [3.8, 4) is 16.9 Å². The van der Waals surface area contributed by atoms with E-state index in [1.165, 1.54) is 0 Å². The van der Waals surface area contributed by atoms with Gasteiger partial charge in [0.15, 0.2) is 0 Å². The second-order valence-corrected chi connectivity index (χ2v) is 6.50. The van der Waals surface area contributed by atoms with E-state index in [1.54, 1.807) is 7.11 Å². The smallest absolute Gasteiger partial charge is 0.341 e. The van der Waals surface area contributed by atoms with Crippen molar-refractivity contribution in [2.75, 3.05) is 33.3 Å². The first-order valence-corrected chi connectivity index (χ1v) is 8.88. The molecule has 3 aromatic rings. The molecular weight excluding hydrogens is 328 g/mol. The lowest BCUT2D eigenvalue weighted by molar-refractivity contribution is 0.231.